The molecule has 0 aliphatic heterocycles. The molecule has 0 amide bonds. The smallest absolute Gasteiger partial charge is 0.204 e. The van der Waals surface area contributed by atoms with Crippen LogP contribution in [0.2, 0.25) is 0 Å². The molecule has 24 heavy (non-hydrogen) atoms. The number of allylic oxidation sites excluding steroid dienone is 2. The largest absolute Gasteiger partial charge is 0.508 e. The predicted octanol–water partition coefficient (Wildman–Crippen LogP) is 2.54. The quantitative estimate of drug-likeness (QED) is 0.646. The Labute approximate surface area is 137 Å². The van der Waals surface area contributed by atoms with Crippen molar-refractivity contribution in [2.45, 2.75) is 0 Å². The summed E-state index contributed by atoms with van der Waals surface area (Å²) in [6.07, 6.45) is 2.38. The van der Waals surface area contributed by atoms with Gasteiger partial charge in [-0.15, -0.1) is 0 Å². The van der Waals surface area contributed by atoms with Crippen molar-refractivity contribution in [3.8, 4) is 11.5 Å². The monoisotopic (exact) mass is 322 g/mol. The molecule has 0 bridgehead atoms. The first kappa shape index (κ1) is 15.4. The van der Waals surface area contributed by atoms with Crippen LogP contribution in [0.25, 0.3) is 0 Å². The second-order valence-corrected chi connectivity index (χ2v) is 5.20. The summed E-state index contributed by atoms with van der Waals surface area (Å²) in [6.45, 7) is 0. The average molecular weight is 322 g/mol. The maximum atomic E-state index is 12.2. The van der Waals surface area contributed by atoms with Crippen LogP contribution in [0.3, 0.4) is 0 Å². The molecule has 6 nitrogen and oxygen atoms in total. The molecule has 0 unspecified atom stereocenters. The molecular formula is C18H14N2O4. The molecule has 0 radical (unpaired) electrons. The number of aromatic hydroxyl groups is 2. The average Bonchev–Trinajstić information content (AvgIpc) is 2.52. The van der Waals surface area contributed by atoms with E-state index in [4.69, 9.17) is 0 Å². The molecule has 0 aromatic heterocycles. The number of rotatable bonds is 4. The number of nitrogens with one attached hydrogen (secondary N) is 2. The van der Waals surface area contributed by atoms with Crippen molar-refractivity contribution in [3.63, 3.8) is 0 Å². The lowest BCUT2D eigenvalue weighted by Crippen LogP contribution is -2.21. The number of hydrogen-bond donors (Lipinski definition) is 4. The van der Waals surface area contributed by atoms with Crippen molar-refractivity contribution >= 4 is 22.9 Å². The van der Waals surface area contributed by atoms with Crippen LogP contribution in [0.15, 0.2) is 72.1 Å². The minimum atomic E-state index is -0.374. The van der Waals surface area contributed by atoms with Gasteiger partial charge in [0.2, 0.25) is 11.6 Å². The Morgan fingerprint density at radius 1 is 0.667 bits per heavy atom. The number of benzene rings is 2. The lowest BCUT2D eigenvalue weighted by Gasteiger charge is -2.15. The van der Waals surface area contributed by atoms with Crippen LogP contribution in [0.4, 0.5) is 11.4 Å². The second kappa shape index (κ2) is 6.29. The Bertz CT molecular complexity index is 811. The summed E-state index contributed by atoms with van der Waals surface area (Å²) in [6, 6.07) is 12.5. The molecule has 0 saturated heterocycles. The standard InChI is InChI=1S/C18H14N2O4/c21-13-5-1-3-11(7-13)19-15-9-18(24)16(10-17(15)23)20-12-4-2-6-14(22)8-12/h1-10,19-22H. The minimum Gasteiger partial charge on any atom is -0.508 e. The minimum absolute atomic E-state index is 0.0527. The van der Waals surface area contributed by atoms with Crippen molar-refractivity contribution < 1.29 is 19.8 Å². The van der Waals surface area contributed by atoms with Gasteiger partial charge in [0.15, 0.2) is 0 Å². The first-order valence-corrected chi connectivity index (χ1v) is 7.15. The fourth-order valence-corrected chi connectivity index (χ4v) is 2.23. The number of anilines is 2. The fourth-order valence-electron chi connectivity index (χ4n) is 2.23. The molecule has 6 heteroatoms. The Kier molecular flexibility index (Phi) is 4.03. The van der Waals surface area contributed by atoms with Crippen LogP contribution in [0.1, 0.15) is 0 Å². The molecule has 0 atom stereocenters. The van der Waals surface area contributed by atoms with E-state index in [1.165, 1.54) is 36.4 Å². The van der Waals surface area contributed by atoms with Crippen LogP contribution in [0.5, 0.6) is 11.5 Å². The van der Waals surface area contributed by atoms with E-state index in [1.54, 1.807) is 24.3 Å². The van der Waals surface area contributed by atoms with E-state index in [-0.39, 0.29) is 34.5 Å². The Hall–Kier alpha value is -3.54. The highest BCUT2D eigenvalue weighted by atomic mass is 16.3. The second-order valence-electron chi connectivity index (χ2n) is 5.20. The molecule has 0 heterocycles. The number of hydrogen-bond acceptors (Lipinski definition) is 6. The first-order chi connectivity index (χ1) is 11.5. The van der Waals surface area contributed by atoms with Gasteiger partial charge in [-0.25, -0.2) is 0 Å². The van der Waals surface area contributed by atoms with Gasteiger partial charge in [0, 0.05) is 35.7 Å². The van der Waals surface area contributed by atoms with E-state index in [2.05, 4.69) is 10.6 Å². The number of carbonyl (C=O) groups excluding carboxylic acids is 2. The van der Waals surface area contributed by atoms with Crippen molar-refractivity contribution in [1.82, 2.24) is 0 Å². The van der Waals surface area contributed by atoms with Crippen molar-refractivity contribution in [1.29, 1.82) is 0 Å². The van der Waals surface area contributed by atoms with Gasteiger partial charge in [-0.05, 0) is 24.3 Å². The van der Waals surface area contributed by atoms with Crippen LogP contribution >= 0.6 is 0 Å². The normalized spacial score (nSPS) is 14.0. The zero-order valence-electron chi connectivity index (χ0n) is 12.5. The van der Waals surface area contributed by atoms with Crippen LogP contribution in [-0.4, -0.2) is 21.8 Å². The highest BCUT2D eigenvalue weighted by Crippen LogP contribution is 2.22. The molecule has 120 valence electrons. The number of carbonyl (C=O) groups is 2. The molecule has 0 spiro atoms. The van der Waals surface area contributed by atoms with E-state index >= 15 is 0 Å². The van der Waals surface area contributed by atoms with Gasteiger partial charge >= 0.3 is 0 Å². The van der Waals surface area contributed by atoms with Crippen LogP contribution in [0, 0.1) is 0 Å². The van der Waals surface area contributed by atoms with Gasteiger partial charge in [-0.1, -0.05) is 12.1 Å². The molecular weight excluding hydrogens is 308 g/mol. The van der Waals surface area contributed by atoms with Gasteiger partial charge in [-0.3, -0.25) is 9.59 Å². The van der Waals surface area contributed by atoms with Gasteiger partial charge in [0.1, 0.15) is 11.5 Å². The summed E-state index contributed by atoms with van der Waals surface area (Å²) in [4.78, 5) is 24.4. The SMILES string of the molecule is O=C1C=C(Nc2cccc(O)c2)C(=O)C=C1Nc1cccc(O)c1. The molecule has 2 aromatic carbocycles. The third-order valence-electron chi connectivity index (χ3n) is 3.33. The highest BCUT2D eigenvalue weighted by Gasteiger charge is 2.20. The third-order valence-corrected chi connectivity index (χ3v) is 3.33. The maximum Gasteiger partial charge on any atom is 0.204 e. The van der Waals surface area contributed by atoms with Gasteiger partial charge in [-0.2, -0.15) is 0 Å². The lowest BCUT2D eigenvalue weighted by molar-refractivity contribution is -0.115. The fraction of sp³-hybridized carbons (Fsp3) is 0. The predicted molar refractivity (Wildman–Crippen MR) is 89.6 cm³/mol. The van der Waals surface area contributed by atoms with E-state index in [1.807, 2.05) is 0 Å². The van der Waals surface area contributed by atoms with E-state index in [9.17, 15) is 19.8 Å². The lowest BCUT2D eigenvalue weighted by atomic mass is 10.1. The van der Waals surface area contributed by atoms with Crippen LogP contribution < -0.4 is 10.6 Å². The molecule has 1 aliphatic rings. The van der Waals surface area contributed by atoms with Gasteiger partial charge < -0.3 is 20.8 Å². The summed E-state index contributed by atoms with van der Waals surface area (Å²) in [7, 11) is 0. The van der Waals surface area contributed by atoms with E-state index in [0.717, 1.165) is 0 Å². The maximum absolute atomic E-state index is 12.2. The number of phenolic OH excluding ortho intramolecular Hbond substituents is 2. The Morgan fingerprint density at radius 2 is 1.08 bits per heavy atom. The zero-order chi connectivity index (χ0) is 17.1. The summed E-state index contributed by atoms with van der Waals surface area (Å²) in [5, 5.41) is 24.5. The molecule has 1 aliphatic carbocycles. The number of phenols is 2. The third kappa shape index (κ3) is 3.44. The topological polar surface area (TPSA) is 98.7 Å². The Balaban J connectivity index is 1.76. The van der Waals surface area contributed by atoms with Gasteiger partial charge in [0.25, 0.3) is 0 Å². The van der Waals surface area contributed by atoms with Crippen molar-refractivity contribution in [2.24, 2.45) is 0 Å². The van der Waals surface area contributed by atoms with Crippen molar-refractivity contribution in [2.75, 3.05) is 10.6 Å². The summed E-state index contributed by atoms with van der Waals surface area (Å²) < 4.78 is 0. The molecule has 0 saturated carbocycles. The number of ketones is 2. The molecule has 4 N–H and O–H groups in total. The summed E-state index contributed by atoms with van der Waals surface area (Å²) in [5.41, 5.74) is 1.24. The van der Waals surface area contributed by atoms with Gasteiger partial charge in [0.05, 0.1) is 11.4 Å². The molecule has 2 aromatic rings. The molecule has 0 fully saturated rings. The Morgan fingerprint density at radius 3 is 1.46 bits per heavy atom. The summed E-state index contributed by atoms with van der Waals surface area (Å²) >= 11 is 0. The van der Waals surface area contributed by atoms with Crippen molar-refractivity contribution in [3.05, 3.63) is 72.1 Å². The van der Waals surface area contributed by atoms with E-state index < -0.39 is 0 Å². The molecule has 3 rings (SSSR count). The zero-order valence-corrected chi connectivity index (χ0v) is 12.5. The highest BCUT2D eigenvalue weighted by molar-refractivity contribution is 6.21. The van der Waals surface area contributed by atoms with E-state index in [0.29, 0.717) is 11.4 Å². The van der Waals surface area contributed by atoms with Crippen LogP contribution in [-0.2, 0) is 9.59 Å². The first-order valence-electron chi connectivity index (χ1n) is 7.15. The summed E-state index contributed by atoms with van der Waals surface area (Å²) in [5.74, 6) is -0.643.